The van der Waals surface area contributed by atoms with E-state index in [1.165, 1.54) is 12.8 Å². The average molecular weight is 254 g/mol. The van der Waals surface area contributed by atoms with Crippen LogP contribution in [0.4, 0.5) is 0 Å². The Hall–Kier alpha value is -0.570. The molecule has 0 spiro atoms. The van der Waals surface area contributed by atoms with Crippen LogP contribution in [0.3, 0.4) is 0 Å². The van der Waals surface area contributed by atoms with E-state index in [0.29, 0.717) is 23.8 Å². The van der Waals surface area contributed by atoms with Gasteiger partial charge in [-0.2, -0.15) is 0 Å². The molecule has 3 nitrogen and oxygen atoms in total. The molecule has 0 aromatic carbocycles. The van der Waals surface area contributed by atoms with Gasteiger partial charge in [0, 0.05) is 25.0 Å². The maximum absolute atomic E-state index is 12.5. The third kappa shape index (κ3) is 4.27. The van der Waals surface area contributed by atoms with Crippen LogP contribution in [-0.2, 0) is 4.79 Å². The zero-order valence-electron chi connectivity index (χ0n) is 12.5. The van der Waals surface area contributed by atoms with Gasteiger partial charge >= 0.3 is 0 Å². The first-order chi connectivity index (χ1) is 8.45. The first-order valence-electron chi connectivity index (χ1n) is 7.50. The van der Waals surface area contributed by atoms with Gasteiger partial charge in [0.05, 0.1) is 0 Å². The summed E-state index contributed by atoms with van der Waals surface area (Å²) in [6.07, 6.45) is 4.49. The summed E-state index contributed by atoms with van der Waals surface area (Å²) in [5.41, 5.74) is 6.03. The number of amides is 1. The molecule has 0 radical (unpaired) electrons. The molecule has 0 saturated heterocycles. The van der Waals surface area contributed by atoms with E-state index in [1.54, 1.807) is 0 Å². The van der Waals surface area contributed by atoms with E-state index in [2.05, 4.69) is 27.7 Å². The first kappa shape index (κ1) is 15.5. The van der Waals surface area contributed by atoms with E-state index in [-0.39, 0.29) is 5.92 Å². The molecule has 1 saturated carbocycles. The highest BCUT2D eigenvalue weighted by Crippen LogP contribution is 2.30. The van der Waals surface area contributed by atoms with Crippen molar-refractivity contribution in [3.63, 3.8) is 0 Å². The fraction of sp³-hybridized carbons (Fsp3) is 0.933. The summed E-state index contributed by atoms with van der Waals surface area (Å²) in [4.78, 5) is 14.5. The van der Waals surface area contributed by atoms with Gasteiger partial charge < -0.3 is 10.6 Å². The molecule has 1 fully saturated rings. The third-order valence-electron chi connectivity index (χ3n) is 4.13. The third-order valence-corrected chi connectivity index (χ3v) is 4.13. The summed E-state index contributed by atoms with van der Waals surface area (Å²) in [6.45, 7) is 10.2. The molecule has 0 heterocycles. The maximum atomic E-state index is 12.5. The highest BCUT2D eigenvalue weighted by atomic mass is 16.2. The number of hydrogen-bond acceptors (Lipinski definition) is 2. The van der Waals surface area contributed by atoms with Crippen LogP contribution in [0.1, 0.15) is 53.4 Å². The smallest absolute Gasteiger partial charge is 0.225 e. The Bertz CT molecular complexity index is 265. The highest BCUT2D eigenvalue weighted by molar-refractivity contribution is 5.78. The van der Waals surface area contributed by atoms with Crippen LogP contribution in [-0.4, -0.2) is 29.9 Å². The van der Waals surface area contributed by atoms with E-state index in [9.17, 15) is 4.79 Å². The van der Waals surface area contributed by atoms with Crippen LogP contribution in [0.25, 0.3) is 0 Å². The lowest BCUT2D eigenvalue weighted by molar-refractivity contribution is -0.137. The molecule has 1 amide bonds. The number of carbonyl (C=O) groups excluding carboxylic acids is 1. The quantitative estimate of drug-likeness (QED) is 0.820. The van der Waals surface area contributed by atoms with Gasteiger partial charge in [0.2, 0.25) is 5.91 Å². The molecule has 0 aromatic rings. The number of nitrogens with two attached hydrogens (primary N) is 1. The molecule has 1 rings (SSSR count). The number of carbonyl (C=O) groups is 1. The zero-order chi connectivity index (χ0) is 13.7. The molecule has 1 aliphatic rings. The molecule has 3 unspecified atom stereocenters. The van der Waals surface area contributed by atoms with Gasteiger partial charge in [-0.3, -0.25) is 4.79 Å². The number of nitrogens with zero attached hydrogens (tertiary/aromatic N) is 1. The average Bonchev–Trinajstić information content (AvgIpc) is 2.34. The molecule has 3 heteroatoms. The molecular weight excluding hydrogens is 224 g/mol. The van der Waals surface area contributed by atoms with Gasteiger partial charge in [-0.1, -0.05) is 27.2 Å². The molecule has 18 heavy (non-hydrogen) atoms. The summed E-state index contributed by atoms with van der Waals surface area (Å²) in [5.74, 6) is 1.48. The van der Waals surface area contributed by atoms with Crippen molar-refractivity contribution in [2.24, 2.45) is 23.5 Å². The molecule has 0 bridgehead atoms. The lowest BCUT2D eigenvalue weighted by atomic mass is 9.78. The van der Waals surface area contributed by atoms with Gasteiger partial charge in [-0.05, 0) is 38.0 Å². The van der Waals surface area contributed by atoms with Crippen molar-refractivity contribution in [2.75, 3.05) is 13.1 Å². The number of hydrogen-bond donors (Lipinski definition) is 1. The Labute approximate surface area is 112 Å². The summed E-state index contributed by atoms with van der Waals surface area (Å²) in [6, 6.07) is 0.305. The van der Waals surface area contributed by atoms with Crippen LogP contribution in [0.5, 0.6) is 0 Å². The minimum atomic E-state index is 0.134. The van der Waals surface area contributed by atoms with Gasteiger partial charge in [-0.25, -0.2) is 0 Å². The van der Waals surface area contributed by atoms with E-state index >= 15 is 0 Å². The Morgan fingerprint density at radius 1 is 1.33 bits per heavy atom. The van der Waals surface area contributed by atoms with Crippen LogP contribution in [0, 0.1) is 17.8 Å². The standard InChI is InChI=1S/C15H30N2O/c1-5-17(10-11(2)3)15(18)12(4)13-7-6-8-14(16)9-13/h11-14H,5-10,16H2,1-4H3. The van der Waals surface area contributed by atoms with E-state index < -0.39 is 0 Å². The van der Waals surface area contributed by atoms with Gasteiger partial charge in [0.15, 0.2) is 0 Å². The van der Waals surface area contributed by atoms with Crippen molar-refractivity contribution in [3.8, 4) is 0 Å². The Kier molecular flexibility index (Phi) is 6.13. The molecule has 106 valence electrons. The van der Waals surface area contributed by atoms with Gasteiger partial charge in [-0.15, -0.1) is 0 Å². The maximum Gasteiger partial charge on any atom is 0.225 e. The lowest BCUT2D eigenvalue weighted by Crippen LogP contribution is -2.42. The van der Waals surface area contributed by atoms with Crippen molar-refractivity contribution in [1.29, 1.82) is 0 Å². The zero-order valence-corrected chi connectivity index (χ0v) is 12.5. The molecule has 2 N–H and O–H groups in total. The normalized spacial score (nSPS) is 26.1. The predicted molar refractivity (Wildman–Crippen MR) is 76.2 cm³/mol. The van der Waals surface area contributed by atoms with Crippen molar-refractivity contribution >= 4 is 5.91 Å². The summed E-state index contributed by atoms with van der Waals surface area (Å²) in [5, 5.41) is 0. The van der Waals surface area contributed by atoms with Crippen LogP contribution < -0.4 is 5.73 Å². The van der Waals surface area contributed by atoms with Crippen LogP contribution in [0.15, 0.2) is 0 Å². The van der Waals surface area contributed by atoms with Gasteiger partial charge in [0.25, 0.3) is 0 Å². The highest BCUT2D eigenvalue weighted by Gasteiger charge is 2.30. The van der Waals surface area contributed by atoms with Crippen LogP contribution in [0.2, 0.25) is 0 Å². The minimum absolute atomic E-state index is 0.134. The van der Waals surface area contributed by atoms with Crippen molar-refractivity contribution < 1.29 is 4.79 Å². The Balaban J connectivity index is 2.57. The molecule has 0 aliphatic heterocycles. The van der Waals surface area contributed by atoms with E-state index in [1.807, 2.05) is 4.90 Å². The fourth-order valence-electron chi connectivity index (χ4n) is 3.03. The molecular formula is C15H30N2O. The van der Waals surface area contributed by atoms with Gasteiger partial charge in [0.1, 0.15) is 0 Å². The summed E-state index contributed by atoms with van der Waals surface area (Å²) in [7, 11) is 0. The van der Waals surface area contributed by atoms with Crippen LogP contribution >= 0.6 is 0 Å². The SMILES string of the molecule is CCN(CC(C)C)C(=O)C(C)C1CCCC(N)C1. The van der Waals surface area contributed by atoms with Crippen molar-refractivity contribution in [3.05, 3.63) is 0 Å². The van der Waals surface area contributed by atoms with Crippen molar-refractivity contribution in [2.45, 2.75) is 59.4 Å². The second-order valence-electron chi connectivity index (χ2n) is 6.25. The largest absolute Gasteiger partial charge is 0.342 e. The molecule has 3 atom stereocenters. The van der Waals surface area contributed by atoms with E-state index in [4.69, 9.17) is 5.73 Å². The second kappa shape index (κ2) is 7.13. The second-order valence-corrected chi connectivity index (χ2v) is 6.25. The lowest BCUT2D eigenvalue weighted by Gasteiger charge is -2.34. The fourth-order valence-corrected chi connectivity index (χ4v) is 3.03. The van der Waals surface area contributed by atoms with Crippen molar-refractivity contribution in [1.82, 2.24) is 4.90 Å². The molecule has 0 aromatic heterocycles. The minimum Gasteiger partial charge on any atom is -0.342 e. The summed E-state index contributed by atoms with van der Waals surface area (Å²) < 4.78 is 0. The number of rotatable bonds is 5. The first-order valence-corrected chi connectivity index (χ1v) is 7.50. The monoisotopic (exact) mass is 254 g/mol. The predicted octanol–water partition coefficient (Wildman–Crippen LogP) is 2.64. The van der Waals surface area contributed by atoms with E-state index in [0.717, 1.165) is 25.9 Å². The Morgan fingerprint density at radius 3 is 2.50 bits per heavy atom. The molecule has 1 aliphatic carbocycles. The topological polar surface area (TPSA) is 46.3 Å². The Morgan fingerprint density at radius 2 is 2.00 bits per heavy atom. The summed E-state index contributed by atoms with van der Waals surface area (Å²) >= 11 is 0.